The van der Waals surface area contributed by atoms with Crippen LogP contribution in [0.3, 0.4) is 0 Å². The molecule has 6 fully saturated rings. The summed E-state index contributed by atoms with van der Waals surface area (Å²) < 4.78 is 56.4. The topological polar surface area (TPSA) is 235 Å². The lowest BCUT2D eigenvalue weighted by Gasteiger charge is -2.62. The van der Waals surface area contributed by atoms with Crippen molar-refractivity contribution in [2.75, 3.05) is 20.3 Å². The number of hydrogen-bond acceptors (Lipinski definition) is 17. The molecule has 12 atom stereocenters. The minimum Gasteiger partial charge on any atom is -0.482 e. The Bertz CT molecular complexity index is 2780. The Morgan fingerprint density at radius 3 is 2.30 bits per heavy atom. The molecular formula is C56H67NO17. The Kier molecular flexibility index (Phi) is 13.7. The lowest BCUT2D eigenvalue weighted by molar-refractivity contribution is -0.494. The number of hydrogen-bond donors (Lipinski definition) is 2. The molecule has 0 amide bonds. The summed E-state index contributed by atoms with van der Waals surface area (Å²) in [6.07, 6.45) is 4.74. The van der Waals surface area contributed by atoms with Crippen LogP contribution in [-0.2, 0) is 39.7 Å². The Morgan fingerprint density at radius 2 is 1.64 bits per heavy atom. The molecule has 2 N–H and O–H groups in total. The summed E-state index contributed by atoms with van der Waals surface area (Å²) in [6.45, 7) is 17.7. The van der Waals surface area contributed by atoms with Crippen molar-refractivity contribution < 1.29 is 76.9 Å². The second-order valence-electron chi connectivity index (χ2n) is 22.4. The number of benzene rings is 2. The van der Waals surface area contributed by atoms with E-state index in [1.807, 2.05) is 60.6 Å². The first-order chi connectivity index (χ1) is 34.8. The fraction of sp³-hybridized carbons (Fsp3) is 0.571. The lowest BCUT2D eigenvalue weighted by Crippen LogP contribution is -2.79. The SMILES string of the molecule is COC(=O)C(C)=CCC12OC(C)(C)C3CC(C1=O)C(C[N+](=O)[O-])C1C(=O)c4c(OC(=O)c5ccc(O[C@@H]6O[C@@H]7COC(C)(C)O[C@H]7[C@@H](O)[C@H]6O)cc5)c5c(c(CC=C(C)C)c4OC132)OC(C)(CCC=C(C)C)C=C5. The van der Waals surface area contributed by atoms with Gasteiger partial charge in [-0.15, -0.1) is 0 Å². The highest BCUT2D eigenvalue weighted by Gasteiger charge is 2.86. The van der Waals surface area contributed by atoms with Crippen molar-refractivity contribution in [1.29, 1.82) is 0 Å². The molecule has 5 aliphatic heterocycles. The standard InChI is InChI=1S/C56H67NO17/c1-28(2)13-12-22-54(10)23-21-34-44(72-54)33(19-14-29(3)4)46-39(45(34)70-50(63)31-15-17-32(18-16-31)68-51-43(60)42(59)47-37(69-51)27-67-53(8,9)71-47)41(58)40-36(26-57(64)65)35-25-38-52(6,7)74-55(48(35)61,56(38,40)73-46)24-20-30(5)49(62)66-11/h13-18,20-21,23,35-38,40,42-43,47,51,59-60H,12,19,22,24-27H2,1-11H3/t35?,36?,37-,38?,40?,42+,43-,47-,51-,54?,55?,56?/m1/s1. The van der Waals surface area contributed by atoms with Gasteiger partial charge in [0.15, 0.2) is 34.3 Å². The average molecular weight is 1030 g/mol. The number of rotatable bonds is 14. The number of allylic oxidation sites excluding steroid dienone is 4. The fourth-order valence-corrected chi connectivity index (χ4v) is 12.5. The molecule has 4 bridgehead atoms. The zero-order valence-electron chi connectivity index (χ0n) is 43.8. The van der Waals surface area contributed by atoms with Gasteiger partial charge in [-0.05, 0) is 131 Å². The van der Waals surface area contributed by atoms with Crippen LogP contribution in [0.1, 0.15) is 127 Å². The van der Waals surface area contributed by atoms with Crippen molar-refractivity contribution in [2.24, 2.45) is 23.7 Å². The molecule has 74 heavy (non-hydrogen) atoms. The Morgan fingerprint density at radius 1 is 0.932 bits per heavy atom. The summed E-state index contributed by atoms with van der Waals surface area (Å²) in [7, 11) is 1.24. The Hall–Kier alpha value is -5.76. The first-order valence-corrected chi connectivity index (χ1v) is 25.3. The second-order valence-corrected chi connectivity index (χ2v) is 22.4. The summed E-state index contributed by atoms with van der Waals surface area (Å²) in [5, 5.41) is 34.6. The molecule has 2 aromatic rings. The van der Waals surface area contributed by atoms with Crippen molar-refractivity contribution in [3.8, 4) is 23.0 Å². The number of nitrogens with zero attached hydrogens (tertiary/aromatic N) is 1. The van der Waals surface area contributed by atoms with Crippen molar-refractivity contribution in [2.45, 2.75) is 160 Å². The van der Waals surface area contributed by atoms with Gasteiger partial charge in [-0.3, -0.25) is 19.7 Å². The average Bonchev–Trinajstić information content (AvgIpc) is 3.47. The highest BCUT2D eigenvalue weighted by molar-refractivity contribution is 6.11. The summed E-state index contributed by atoms with van der Waals surface area (Å²) in [5.41, 5.74) is -2.91. The maximum absolute atomic E-state index is 16.2. The summed E-state index contributed by atoms with van der Waals surface area (Å²) >= 11 is 0. The molecule has 7 unspecified atom stereocenters. The van der Waals surface area contributed by atoms with E-state index in [-0.39, 0.29) is 71.1 Å². The number of ether oxygens (including phenoxy) is 9. The maximum atomic E-state index is 16.2. The third kappa shape index (κ3) is 8.87. The largest absolute Gasteiger partial charge is 0.482 e. The van der Waals surface area contributed by atoms with E-state index in [2.05, 4.69) is 6.08 Å². The van der Waals surface area contributed by atoms with Gasteiger partial charge in [0.25, 0.3) is 0 Å². The number of esters is 2. The van der Waals surface area contributed by atoms with E-state index in [4.69, 9.17) is 42.6 Å². The van der Waals surface area contributed by atoms with Gasteiger partial charge in [-0.25, -0.2) is 9.59 Å². The van der Waals surface area contributed by atoms with Crippen LogP contribution in [0.2, 0.25) is 0 Å². The van der Waals surface area contributed by atoms with Crippen LogP contribution in [-0.4, -0.2) is 118 Å². The van der Waals surface area contributed by atoms with Gasteiger partial charge < -0.3 is 52.8 Å². The van der Waals surface area contributed by atoms with Crippen molar-refractivity contribution in [3.05, 3.63) is 97.7 Å². The Labute approximate surface area is 430 Å². The second kappa shape index (κ2) is 19.1. The van der Waals surface area contributed by atoms with Gasteiger partial charge in [0.1, 0.15) is 52.8 Å². The lowest BCUT2D eigenvalue weighted by atomic mass is 9.43. The first kappa shape index (κ1) is 53.1. The highest BCUT2D eigenvalue weighted by atomic mass is 16.8. The van der Waals surface area contributed by atoms with Gasteiger partial charge in [0.05, 0.1) is 36.4 Å². The molecule has 2 aromatic carbocycles. The summed E-state index contributed by atoms with van der Waals surface area (Å²) in [4.78, 5) is 71.1. The van der Waals surface area contributed by atoms with Crippen molar-refractivity contribution in [3.63, 3.8) is 0 Å². The summed E-state index contributed by atoms with van der Waals surface area (Å²) in [5.74, 6) is -7.50. The normalized spacial score (nSPS) is 33.6. The third-order valence-electron chi connectivity index (χ3n) is 15.9. The van der Waals surface area contributed by atoms with Gasteiger partial charge in [0, 0.05) is 40.2 Å². The number of carbonyl (C=O) groups excluding carboxylic acids is 4. The van der Waals surface area contributed by atoms with Crippen LogP contribution in [0, 0.1) is 33.8 Å². The van der Waals surface area contributed by atoms with Gasteiger partial charge in [-0.1, -0.05) is 29.4 Å². The number of fused-ring (bicyclic) bond motifs is 3. The molecular weight excluding hydrogens is 959 g/mol. The molecule has 10 rings (SSSR count). The molecule has 18 nitrogen and oxygen atoms in total. The molecule has 3 aliphatic carbocycles. The molecule has 8 aliphatic rings. The van der Waals surface area contributed by atoms with E-state index in [0.29, 0.717) is 18.4 Å². The molecule has 398 valence electrons. The number of methoxy groups -OCH3 is 1. The smallest absolute Gasteiger partial charge is 0.343 e. The number of aliphatic hydroxyl groups is 2. The van der Waals surface area contributed by atoms with E-state index < -0.39 is 118 Å². The van der Waals surface area contributed by atoms with E-state index in [1.54, 1.807) is 26.8 Å². The van der Waals surface area contributed by atoms with Gasteiger partial charge >= 0.3 is 11.9 Å². The van der Waals surface area contributed by atoms with E-state index in [1.165, 1.54) is 37.5 Å². The molecule has 18 heteroatoms. The molecule has 5 heterocycles. The fourth-order valence-electron chi connectivity index (χ4n) is 12.5. The highest BCUT2D eigenvalue weighted by Crippen LogP contribution is 2.72. The molecule has 3 saturated heterocycles. The van der Waals surface area contributed by atoms with E-state index in [9.17, 15) is 29.9 Å². The van der Waals surface area contributed by atoms with E-state index >= 15 is 9.59 Å². The third-order valence-corrected chi connectivity index (χ3v) is 15.9. The monoisotopic (exact) mass is 1030 g/mol. The van der Waals surface area contributed by atoms with Crippen LogP contribution in [0.4, 0.5) is 0 Å². The van der Waals surface area contributed by atoms with Crippen molar-refractivity contribution in [1.82, 2.24) is 0 Å². The number of carbonyl (C=O) groups is 4. The Balaban J connectivity index is 1.18. The number of Topliss-reactive ketones (excluding diaryl/α,β-unsaturated/α-hetero) is 2. The molecule has 1 spiro atoms. The minimum absolute atomic E-state index is 0.00105. The predicted molar refractivity (Wildman–Crippen MR) is 265 cm³/mol. The molecule has 0 radical (unpaired) electrons. The zero-order chi connectivity index (χ0) is 53.6. The molecule has 0 aromatic heterocycles. The number of nitro groups is 1. The number of ketones is 2. The van der Waals surface area contributed by atoms with Crippen LogP contribution >= 0.6 is 0 Å². The molecule has 3 saturated carbocycles. The van der Waals surface area contributed by atoms with Crippen LogP contribution < -0.4 is 18.9 Å². The van der Waals surface area contributed by atoms with Crippen molar-refractivity contribution >= 4 is 29.6 Å². The van der Waals surface area contributed by atoms with Crippen LogP contribution in [0.15, 0.2) is 65.3 Å². The zero-order valence-corrected chi connectivity index (χ0v) is 43.8. The minimum atomic E-state index is -1.90. The summed E-state index contributed by atoms with van der Waals surface area (Å²) in [6, 6.07) is 5.76. The number of aliphatic hydroxyl groups excluding tert-OH is 2. The van der Waals surface area contributed by atoms with Crippen LogP contribution in [0.25, 0.3) is 6.08 Å². The van der Waals surface area contributed by atoms with Gasteiger partial charge in [0.2, 0.25) is 12.8 Å². The maximum Gasteiger partial charge on any atom is 0.343 e. The predicted octanol–water partition coefficient (Wildman–Crippen LogP) is 7.40. The first-order valence-electron chi connectivity index (χ1n) is 25.3. The van der Waals surface area contributed by atoms with E-state index in [0.717, 1.165) is 11.1 Å². The quantitative estimate of drug-likeness (QED) is 0.0468. The van der Waals surface area contributed by atoms with Crippen LogP contribution in [0.5, 0.6) is 23.0 Å². The van der Waals surface area contributed by atoms with Gasteiger partial charge in [-0.2, -0.15) is 0 Å².